The molecule has 0 radical (unpaired) electrons. The molecule has 3 rings (SSSR count). The van der Waals surface area contributed by atoms with Crippen LogP contribution in [-0.2, 0) is 10.0 Å². The maximum absolute atomic E-state index is 12.0. The third-order valence-corrected chi connectivity index (χ3v) is 6.16. The predicted octanol–water partition coefficient (Wildman–Crippen LogP) is 2.66. The molecule has 1 aromatic heterocycles. The van der Waals surface area contributed by atoms with Crippen LogP contribution in [0.1, 0.15) is 5.01 Å². The fourth-order valence-electron chi connectivity index (χ4n) is 2.52. The van der Waals surface area contributed by atoms with Gasteiger partial charge in [-0.15, -0.1) is 15.7 Å². The summed E-state index contributed by atoms with van der Waals surface area (Å²) in [6.07, 6.45) is 1.43. The molecule has 1 heterocycles. The molecule has 162 valence electrons. The monoisotopic (exact) mass is 469 g/mol. The molecule has 0 spiro atoms. The highest BCUT2D eigenvalue weighted by Crippen LogP contribution is 2.28. The smallest absolute Gasteiger partial charge is 0.285 e. The molecule has 0 amide bonds. The maximum atomic E-state index is 12.0. The third-order valence-electron chi connectivity index (χ3n) is 3.97. The van der Waals surface area contributed by atoms with E-state index in [4.69, 9.17) is 11.5 Å². The summed E-state index contributed by atoms with van der Waals surface area (Å²) >= 11 is 1.21. The average Bonchev–Trinajstić information content (AvgIpc) is 3.24. The summed E-state index contributed by atoms with van der Waals surface area (Å²) in [5.41, 5.74) is 12.0. The van der Waals surface area contributed by atoms with Crippen molar-refractivity contribution in [3.63, 3.8) is 0 Å². The summed E-state index contributed by atoms with van der Waals surface area (Å²) in [5, 5.41) is 25.5. The molecule has 0 atom stereocenters. The number of nitrogens with zero attached hydrogens (tertiary/aromatic N) is 4. The van der Waals surface area contributed by atoms with Crippen molar-refractivity contribution in [2.45, 2.75) is 4.90 Å². The zero-order valence-electron chi connectivity index (χ0n) is 16.2. The second kappa shape index (κ2) is 9.25. The third kappa shape index (κ3) is 5.25. The fraction of sp³-hybridized carbons (Fsp3) is 0. The Hall–Kier alpha value is -4.28. The first-order chi connectivity index (χ1) is 15.2. The van der Waals surface area contributed by atoms with Gasteiger partial charge in [0, 0.05) is 35.0 Å². The largest absolute Gasteiger partial charge is 0.369 e. The highest BCUT2D eigenvalue weighted by Gasteiger charge is 2.14. The minimum Gasteiger partial charge on any atom is -0.369 e. The first-order valence-electron chi connectivity index (χ1n) is 8.73. The van der Waals surface area contributed by atoms with Gasteiger partial charge in [-0.2, -0.15) is 13.7 Å². The lowest BCUT2D eigenvalue weighted by Crippen LogP contribution is -2.24. The number of nitrogens with two attached hydrogens (primary N) is 2. The highest BCUT2D eigenvalue weighted by atomic mass is 32.2. The number of rotatable bonds is 7. The number of nitro benzene ring substituents is 1. The van der Waals surface area contributed by atoms with Crippen molar-refractivity contribution in [3.8, 4) is 17.3 Å². The predicted molar refractivity (Wildman–Crippen MR) is 121 cm³/mol. The molecule has 0 aliphatic heterocycles. The van der Waals surface area contributed by atoms with Gasteiger partial charge in [0.25, 0.3) is 15.7 Å². The number of hydrogen-bond donors (Lipinski definition) is 3. The molecule has 0 saturated heterocycles. The van der Waals surface area contributed by atoms with Gasteiger partial charge >= 0.3 is 0 Å². The Bertz CT molecular complexity index is 1370. The highest BCUT2D eigenvalue weighted by molar-refractivity contribution is 7.90. The number of hydrogen-bond acceptors (Lipinski definition) is 8. The summed E-state index contributed by atoms with van der Waals surface area (Å²) < 4.78 is 27.1. The number of non-ortho nitro benzene ring substituents is 1. The molecular formula is C19H15N7O4S2. The number of anilines is 1. The van der Waals surface area contributed by atoms with Gasteiger partial charge in [-0.3, -0.25) is 10.1 Å². The summed E-state index contributed by atoms with van der Waals surface area (Å²) in [4.78, 5) is 14.8. The number of sulfonamides is 1. The zero-order valence-corrected chi connectivity index (χ0v) is 17.8. The van der Waals surface area contributed by atoms with Crippen LogP contribution in [0.3, 0.4) is 0 Å². The van der Waals surface area contributed by atoms with Crippen LogP contribution in [0.5, 0.6) is 0 Å². The lowest BCUT2D eigenvalue weighted by atomic mass is 10.1. The second-order valence-corrected chi connectivity index (χ2v) is 8.64. The summed E-state index contributed by atoms with van der Waals surface area (Å²) in [6, 6.07) is 13.7. The first kappa shape index (κ1) is 22.4. The Morgan fingerprint density at radius 1 is 1.25 bits per heavy atom. The van der Waals surface area contributed by atoms with E-state index in [9.17, 15) is 23.8 Å². The quantitative estimate of drug-likeness (QED) is 0.153. The Balaban J connectivity index is 1.79. The molecule has 32 heavy (non-hydrogen) atoms. The van der Waals surface area contributed by atoms with E-state index >= 15 is 0 Å². The van der Waals surface area contributed by atoms with Crippen LogP contribution in [0, 0.1) is 21.4 Å². The van der Waals surface area contributed by atoms with Gasteiger partial charge < -0.3 is 16.8 Å². The van der Waals surface area contributed by atoms with Crippen molar-refractivity contribution in [1.29, 1.82) is 5.26 Å². The van der Waals surface area contributed by atoms with Crippen molar-refractivity contribution in [3.05, 3.63) is 75.2 Å². The topological polar surface area (TPSA) is 190 Å². The van der Waals surface area contributed by atoms with E-state index in [1.807, 2.05) is 6.07 Å². The SMILES string of the molecule is N#CC(=CNc1ccc(S(=O)(=O)N=C(N)N)cc1)c1nc(-c2cccc([N+](=O)[O-])c2)cs1. The van der Waals surface area contributed by atoms with Crippen molar-refractivity contribution < 1.29 is 13.3 Å². The minimum atomic E-state index is -4.00. The van der Waals surface area contributed by atoms with E-state index < -0.39 is 20.9 Å². The van der Waals surface area contributed by atoms with Gasteiger partial charge in [0.2, 0.25) is 5.96 Å². The summed E-state index contributed by atoms with van der Waals surface area (Å²) in [5.74, 6) is -0.568. The van der Waals surface area contributed by atoms with Crippen molar-refractivity contribution in [1.82, 2.24) is 4.98 Å². The molecule has 0 aliphatic carbocycles. The molecule has 3 aromatic rings. The number of aromatic nitrogens is 1. The Labute approximate surface area is 186 Å². The number of nitro groups is 1. The number of thiazole rings is 1. The van der Waals surface area contributed by atoms with Crippen molar-refractivity contribution in [2.24, 2.45) is 15.9 Å². The van der Waals surface area contributed by atoms with Crippen LogP contribution in [0.4, 0.5) is 11.4 Å². The van der Waals surface area contributed by atoms with Gasteiger partial charge in [0.05, 0.1) is 15.5 Å². The molecule has 13 heteroatoms. The summed E-state index contributed by atoms with van der Waals surface area (Å²) in [6.45, 7) is 0. The van der Waals surface area contributed by atoms with E-state index in [0.29, 0.717) is 22.0 Å². The minimum absolute atomic E-state index is 0.0555. The average molecular weight is 470 g/mol. The van der Waals surface area contributed by atoms with E-state index in [1.165, 1.54) is 53.9 Å². The molecule has 2 aromatic carbocycles. The molecule has 0 bridgehead atoms. The standard InChI is InChI=1S/C19H15N7O4S2/c20-9-13(10-23-14-4-6-16(7-5-14)32(29,30)25-19(21)22)18-24-17(11-31-18)12-2-1-3-15(8-12)26(27)28/h1-8,10-11,23H,(H4,21,22,25). The van der Waals surface area contributed by atoms with Crippen LogP contribution in [-0.4, -0.2) is 24.3 Å². The van der Waals surface area contributed by atoms with Gasteiger partial charge in [0.15, 0.2) is 0 Å². The summed E-state index contributed by atoms with van der Waals surface area (Å²) in [7, 11) is -4.00. The number of benzene rings is 2. The lowest BCUT2D eigenvalue weighted by Gasteiger charge is -2.03. The lowest BCUT2D eigenvalue weighted by molar-refractivity contribution is -0.384. The normalized spacial score (nSPS) is 11.4. The maximum Gasteiger partial charge on any atom is 0.285 e. The molecule has 0 unspecified atom stereocenters. The van der Waals surface area contributed by atoms with Crippen LogP contribution in [0.2, 0.25) is 0 Å². The zero-order chi connectivity index (χ0) is 23.3. The molecular weight excluding hydrogens is 454 g/mol. The van der Waals surface area contributed by atoms with Gasteiger partial charge in [-0.05, 0) is 24.3 Å². The number of guanidine groups is 1. The molecule has 0 fully saturated rings. The van der Waals surface area contributed by atoms with Crippen LogP contribution in [0.25, 0.3) is 16.8 Å². The van der Waals surface area contributed by atoms with Gasteiger partial charge in [-0.1, -0.05) is 12.1 Å². The number of allylic oxidation sites excluding steroid dienone is 1. The fourth-order valence-corrected chi connectivity index (χ4v) is 4.18. The van der Waals surface area contributed by atoms with Crippen molar-refractivity contribution >= 4 is 44.3 Å². The molecule has 0 saturated carbocycles. The van der Waals surface area contributed by atoms with Crippen molar-refractivity contribution in [2.75, 3.05) is 5.32 Å². The first-order valence-corrected chi connectivity index (χ1v) is 11.0. The van der Waals surface area contributed by atoms with E-state index in [1.54, 1.807) is 17.5 Å². The van der Waals surface area contributed by atoms with E-state index in [0.717, 1.165) is 0 Å². The van der Waals surface area contributed by atoms with E-state index in [-0.39, 0.29) is 16.2 Å². The Kier molecular flexibility index (Phi) is 6.47. The van der Waals surface area contributed by atoms with Gasteiger partial charge in [0.1, 0.15) is 16.6 Å². The van der Waals surface area contributed by atoms with Crippen LogP contribution < -0.4 is 16.8 Å². The molecule has 5 N–H and O–H groups in total. The molecule has 11 nitrogen and oxygen atoms in total. The number of nitrogens with one attached hydrogen (secondary N) is 1. The Morgan fingerprint density at radius 2 is 1.97 bits per heavy atom. The van der Waals surface area contributed by atoms with Gasteiger partial charge in [-0.25, -0.2) is 4.98 Å². The van der Waals surface area contributed by atoms with Crippen LogP contribution >= 0.6 is 11.3 Å². The number of nitriles is 1. The second-order valence-electron chi connectivity index (χ2n) is 6.18. The Morgan fingerprint density at radius 3 is 2.59 bits per heavy atom. The van der Waals surface area contributed by atoms with Crippen LogP contribution in [0.15, 0.2) is 69.4 Å². The molecule has 0 aliphatic rings. The van der Waals surface area contributed by atoms with E-state index in [2.05, 4.69) is 14.7 Å².